The van der Waals surface area contributed by atoms with E-state index >= 15 is 0 Å². The molecule has 0 N–H and O–H groups in total. The van der Waals surface area contributed by atoms with Crippen molar-refractivity contribution in [3.05, 3.63) is 24.5 Å². The molecule has 106 valence electrons. The molecule has 0 aliphatic carbocycles. The fraction of sp³-hybridized carbons (Fsp3) is 0.600. The number of nitrogens with zero attached hydrogens (tertiary/aromatic N) is 5. The van der Waals surface area contributed by atoms with E-state index in [0.29, 0.717) is 6.04 Å². The van der Waals surface area contributed by atoms with Crippen molar-refractivity contribution in [2.24, 2.45) is 0 Å². The molecule has 0 aromatic carbocycles. The van der Waals surface area contributed by atoms with Gasteiger partial charge in [0.25, 0.3) is 0 Å². The Bertz CT molecular complexity index is 587. The van der Waals surface area contributed by atoms with Crippen LogP contribution in [0.15, 0.2) is 24.5 Å². The lowest BCUT2D eigenvalue weighted by atomic mass is 10.0. The van der Waals surface area contributed by atoms with Crippen LogP contribution < -0.4 is 4.90 Å². The fourth-order valence-corrected chi connectivity index (χ4v) is 3.54. The van der Waals surface area contributed by atoms with Gasteiger partial charge in [-0.05, 0) is 50.9 Å². The Morgan fingerprint density at radius 3 is 2.85 bits per heavy atom. The number of fused-ring (bicyclic) bond motifs is 1. The smallest absolute Gasteiger partial charge is 0.153 e. The van der Waals surface area contributed by atoms with Gasteiger partial charge in [-0.1, -0.05) is 0 Å². The highest BCUT2D eigenvalue weighted by atomic mass is 15.3. The molecule has 0 saturated carbocycles. The third kappa shape index (κ3) is 2.16. The van der Waals surface area contributed by atoms with Gasteiger partial charge in [0, 0.05) is 31.5 Å². The number of rotatable bonds is 2. The minimum absolute atomic E-state index is 0.714. The van der Waals surface area contributed by atoms with Crippen molar-refractivity contribution in [1.82, 2.24) is 19.5 Å². The summed E-state index contributed by atoms with van der Waals surface area (Å²) >= 11 is 0. The normalized spacial score (nSPS) is 24.6. The molecule has 2 aromatic rings. The third-order valence-corrected chi connectivity index (χ3v) is 4.62. The molecule has 0 spiro atoms. The number of anilines is 1. The SMILES string of the molecule is c1cn2nc(N3CCC[C@@H](N4CCCC4)C3)ccc2n1. The number of aromatic nitrogens is 3. The second-order valence-corrected chi connectivity index (χ2v) is 5.91. The zero-order valence-corrected chi connectivity index (χ0v) is 11.8. The summed E-state index contributed by atoms with van der Waals surface area (Å²) in [5, 5.41) is 4.68. The molecule has 2 saturated heterocycles. The van der Waals surface area contributed by atoms with Gasteiger partial charge in [0.15, 0.2) is 5.65 Å². The molecule has 4 heterocycles. The van der Waals surface area contributed by atoms with E-state index in [1.54, 1.807) is 6.20 Å². The van der Waals surface area contributed by atoms with Crippen molar-refractivity contribution in [2.75, 3.05) is 31.1 Å². The Morgan fingerprint density at radius 2 is 1.95 bits per heavy atom. The summed E-state index contributed by atoms with van der Waals surface area (Å²) in [6.07, 6.45) is 9.07. The minimum atomic E-state index is 0.714. The van der Waals surface area contributed by atoms with E-state index in [1.807, 2.05) is 10.7 Å². The van der Waals surface area contributed by atoms with E-state index in [9.17, 15) is 0 Å². The molecule has 2 aromatic heterocycles. The van der Waals surface area contributed by atoms with Gasteiger partial charge in [-0.2, -0.15) is 0 Å². The highest BCUT2D eigenvalue weighted by Gasteiger charge is 2.27. The van der Waals surface area contributed by atoms with Crippen LogP contribution in [0.5, 0.6) is 0 Å². The molecule has 5 nitrogen and oxygen atoms in total. The molecular formula is C15H21N5. The summed E-state index contributed by atoms with van der Waals surface area (Å²) < 4.78 is 1.87. The van der Waals surface area contributed by atoms with Gasteiger partial charge in [-0.25, -0.2) is 9.50 Å². The summed E-state index contributed by atoms with van der Waals surface area (Å²) in [6, 6.07) is 4.88. The Morgan fingerprint density at radius 1 is 1.05 bits per heavy atom. The molecule has 0 bridgehead atoms. The summed E-state index contributed by atoms with van der Waals surface area (Å²) in [5.41, 5.74) is 0.918. The summed E-state index contributed by atoms with van der Waals surface area (Å²) in [5.74, 6) is 1.08. The first kappa shape index (κ1) is 12.1. The van der Waals surface area contributed by atoms with E-state index < -0.39 is 0 Å². The van der Waals surface area contributed by atoms with Gasteiger partial charge < -0.3 is 4.90 Å². The molecule has 2 aliphatic rings. The lowest BCUT2D eigenvalue weighted by Crippen LogP contribution is -2.47. The summed E-state index contributed by atoms with van der Waals surface area (Å²) in [6.45, 7) is 4.81. The first-order valence-electron chi connectivity index (χ1n) is 7.69. The van der Waals surface area contributed by atoms with Crippen LogP contribution in [-0.4, -0.2) is 51.7 Å². The quantitative estimate of drug-likeness (QED) is 0.834. The first-order valence-corrected chi connectivity index (χ1v) is 7.69. The van der Waals surface area contributed by atoms with Crippen molar-refractivity contribution < 1.29 is 0 Å². The van der Waals surface area contributed by atoms with Crippen molar-refractivity contribution in [2.45, 2.75) is 31.7 Å². The first-order chi connectivity index (χ1) is 9.90. The van der Waals surface area contributed by atoms with E-state index in [2.05, 4.69) is 32.0 Å². The van der Waals surface area contributed by atoms with Gasteiger partial charge in [0.05, 0.1) is 0 Å². The minimum Gasteiger partial charge on any atom is -0.354 e. The van der Waals surface area contributed by atoms with Gasteiger partial charge in [0.1, 0.15) is 5.82 Å². The molecule has 1 atom stereocenters. The van der Waals surface area contributed by atoms with Crippen LogP contribution in [0.3, 0.4) is 0 Å². The van der Waals surface area contributed by atoms with E-state index in [1.165, 1.54) is 38.8 Å². The van der Waals surface area contributed by atoms with Crippen LogP contribution in [0.1, 0.15) is 25.7 Å². The maximum atomic E-state index is 4.68. The van der Waals surface area contributed by atoms with E-state index in [-0.39, 0.29) is 0 Å². The van der Waals surface area contributed by atoms with Crippen LogP contribution >= 0.6 is 0 Å². The molecule has 2 aliphatic heterocycles. The van der Waals surface area contributed by atoms with Crippen molar-refractivity contribution in [3.8, 4) is 0 Å². The highest BCUT2D eigenvalue weighted by molar-refractivity contribution is 5.46. The zero-order valence-electron chi connectivity index (χ0n) is 11.8. The molecule has 4 rings (SSSR count). The van der Waals surface area contributed by atoms with Crippen LogP contribution in [0.4, 0.5) is 5.82 Å². The lowest BCUT2D eigenvalue weighted by Gasteiger charge is -2.38. The Hall–Kier alpha value is -1.62. The molecule has 2 fully saturated rings. The van der Waals surface area contributed by atoms with Crippen molar-refractivity contribution in [3.63, 3.8) is 0 Å². The number of likely N-dealkylation sites (tertiary alicyclic amines) is 1. The monoisotopic (exact) mass is 271 g/mol. The van der Waals surface area contributed by atoms with E-state index in [0.717, 1.165) is 24.6 Å². The van der Waals surface area contributed by atoms with Crippen molar-refractivity contribution >= 4 is 11.5 Å². The van der Waals surface area contributed by atoms with Gasteiger partial charge in [-0.3, -0.25) is 4.90 Å². The molecule has 20 heavy (non-hydrogen) atoms. The van der Waals surface area contributed by atoms with Gasteiger partial charge >= 0.3 is 0 Å². The van der Waals surface area contributed by atoms with Crippen molar-refractivity contribution in [1.29, 1.82) is 0 Å². The zero-order chi connectivity index (χ0) is 13.4. The van der Waals surface area contributed by atoms with Crippen LogP contribution in [0, 0.1) is 0 Å². The second kappa shape index (κ2) is 5.05. The Labute approximate surface area is 119 Å². The maximum Gasteiger partial charge on any atom is 0.153 e. The van der Waals surface area contributed by atoms with Gasteiger partial charge in [-0.15, -0.1) is 5.10 Å². The molecular weight excluding hydrogens is 250 g/mol. The number of hydrogen-bond donors (Lipinski definition) is 0. The van der Waals surface area contributed by atoms with Crippen LogP contribution in [0.2, 0.25) is 0 Å². The Balaban J connectivity index is 1.54. The highest BCUT2D eigenvalue weighted by Crippen LogP contribution is 2.23. The second-order valence-electron chi connectivity index (χ2n) is 5.91. The third-order valence-electron chi connectivity index (χ3n) is 4.62. The molecule has 0 amide bonds. The Kier molecular flexibility index (Phi) is 3.07. The van der Waals surface area contributed by atoms with Crippen LogP contribution in [-0.2, 0) is 0 Å². The lowest BCUT2D eigenvalue weighted by molar-refractivity contribution is 0.215. The topological polar surface area (TPSA) is 36.7 Å². The predicted octanol–water partition coefficient (Wildman–Crippen LogP) is 1.79. The fourth-order valence-electron chi connectivity index (χ4n) is 3.54. The number of piperidine rings is 1. The predicted molar refractivity (Wildman–Crippen MR) is 79.0 cm³/mol. The standard InChI is InChI=1S/C15H21N5/c1-2-9-18(8-1)13-4-3-10-19(12-13)15-6-5-14-16-7-11-20(14)17-15/h5-7,11,13H,1-4,8-10,12H2/t13-/m1/s1. The average Bonchev–Trinajstić information content (AvgIpc) is 3.18. The van der Waals surface area contributed by atoms with E-state index in [4.69, 9.17) is 0 Å². The maximum absolute atomic E-state index is 4.68. The summed E-state index contributed by atoms with van der Waals surface area (Å²) in [4.78, 5) is 9.36. The largest absolute Gasteiger partial charge is 0.354 e. The number of imidazole rings is 1. The van der Waals surface area contributed by atoms with Gasteiger partial charge in [0.2, 0.25) is 0 Å². The van der Waals surface area contributed by atoms with Crippen LogP contribution in [0.25, 0.3) is 5.65 Å². The summed E-state index contributed by atoms with van der Waals surface area (Å²) in [7, 11) is 0. The average molecular weight is 271 g/mol. The molecule has 0 unspecified atom stereocenters. The molecule has 5 heteroatoms. The molecule has 0 radical (unpaired) electrons. The number of hydrogen-bond acceptors (Lipinski definition) is 4.